The van der Waals surface area contributed by atoms with Gasteiger partial charge >= 0.3 is 0 Å². The second kappa shape index (κ2) is 6.78. The number of carbonyl (C=O) groups excluding carboxylic acids is 3. The maximum absolute atomic E-state index is 12.7. The van der Waals surface area contributed by atoms with Crippen LogP contribution in [0, 0.1) is 0 Å². The number of nitrogens with zero attached hydrogens (tertiary/aromatic N) is 3. The van der Waals surface area contributed by atoms with Crippen molar-refractivity contribution >= 4 is 29.5 Å². The molecule has 0 N–H and O–H groups in total. The number of hydrogen-bond donors (Lipinski definition) is 0. The third-order valence-electron chi connectivity index (χ3n) is 5.46. The van der Waals surface area contributed by atoms with Gasteiger partial charge in [-0.25, -0.2) is 0 Å². The van der Waals surface area contributed by atoms with Crippen molar-refractivity contribution in [1.82, 2.24) is 14.8 Å². The predicted molar refractivity (Wildman–Crippen MR) is 92.7 cm³/mol. The molecule has 0 radical (unpaired) electrons. The molecule has 3 saturated heterocycles. The SMILES string of the molecule is O=C1CCC(=O)N1C1CC2CCC(C1)N2C(=O)CSc1ccncc1. The molecule has 6 nitrogen and oxygen atoms in total. The zero-order chi connectivity index (χ0) is 17.4. The molecule has 3 aliphatic heterocycles. The standard InChI is InChI=1S/C18H21N3O3S/c22-16-3-4-17(23)21(16)14-9-12-1-2-13(10-14)20(12)18(24)11-25-15-5-7-19-8-6-15/h5-8,12-14H,1-4,9-11H2. The van der Waals surface area contributed by atoms with Crippen molar-refractivity contribution in [3.05, 3.63) is 24.5 Å². The summed E-state index contributed by atoms with van der Waals surface area (Å²) in [6.07, 6.45) is 7.56. The first-order valence-electron chi connectivity index (χ1n) is 8.82. The topological polar surface area (TPSA) is 70.6 Å². The normalized spacial score (nSPS) is 28.7. The molecule has 1 aromatic heterocycles. The lowest BCUT2D eigenvalue weighted by atomic mass is 9.96. The number of piperidine rings is 1. The van der Waals surface area contributed by atoms with Crippen molar-refractivity contribution in [1.29, 1.82) is 0 Å². The molecule has 1 aromatic rings. The van der Waals surface area contributed by atoms with Crippen LogP contribution in [-0.2, 0) is 14.4 Å². The number of amides is 3. The summed E-state index contributed by atoms with van der Waals surface area (Å²) in [5, 5.41) is 0. The first-order valence-corrected chi connectivity index (χ1v) is 9.81. The summed E-state index contributed by atoms with van der Waals surface area (Å²) in [7, 11) is 0. The number of rotatable bonds is 4. The lowest BCUT2D eigenvalue weighted by Crippen LogP contribution is -2.54. The Kier molecular flexibility index (Phi) is 4.50. The van der Waals surface area contributed by atoms with E-state index in [1.807, 2.05) is 17.0 Å². The van der Waals surface area contributed by atoms with E-state index in [4.69, 9.17) is 0 Å². The lowest BCUT2D eigenvalue weighted by molar-refractivity contribution is -0.144. The number of likely N-dealkylation sites (tertiary alicyclic amines) is 1. The van der Waals surface area contributed by atoms with Crippen molar-refractivity contribution in [3.8, 4) is 0 Å². The van der Waals surface area contributed by atoms with Crippen LogP contribution in [0.25, 0.3) is 0 Å². The van der Waals surface area contributed by atoms with Crippen molar-refractivity contribution in [2.75, 3.05) is 5.75 Å². The first kappa shape index (κ1) is 16.6. The van der Waals surface area contributed by atoms with E-state index in [0.29, 0.717) is 18.6 Å². The summed E-state index contributed by atoms with van der Waals surface area (Å²) in [6, 6.07) is 4.12. The molecular weight excluding hydrogens is 338 g/mol. The van der Waals surface area contributed by atoms with Crippen LogP contribution in [0.4, 0.5) is 0 Å². The minimum absolute atomic E-state index is 0.0168. The predicted octanol–water partition coefficient (Wildman–Crippen LogP) is 1.84. The highest BCUT2D eigenvalue weighted by Crippen LogP contribution is 2.39. The second-order valence-electron chi connectivity index (χ2n) is 6.94. The van der Waals surface area contributed by atoms with E-state index in [1.165, 1.54) is 16.7 Å². The van der Waals surface area contributed by atoms with Crippen LogP contribution in [0.2, 0.25) is 0 Å². The summed E-state index contributed by atoms with van der Waals surface area (Å²) in [4.78, 5) is 45.3. The maximum Gasteiger partial charge on any atom is 0.233 e. The Morgan fingerprint density at radius 2 is 1.64 bits per heavy atom. The van der Waals surface area contributed by atoms with Gasteiger partial charge in [-0.2, -0.15) is 0 Å². The molecule has 3 amide bonds. The van der Waals surface area contributed by atoms with Crippen LogP contribution in [0.3, 0.4) is 0 Å². The zero-order valence-electron chi connectivity index (χ0n) is 14.0. The summed E-state index contributed by atoms with van der Waals surface area (Å²) >= 11 is 1.53. The van der Waals surface area contributed by atoms with Gasteiger partial charge in [0.1, 0.15) is 0 Å². The van der Waals surface area contributed by atoms with E-state index in [0.717, 1.165) is 30.6 Å². The smallest absolute Gasteiger partial charge is 0.233 e. The van der Waals surface area contributed by atoms with Gasteiger partial charge in [0.25, 0.3) is 0 Å². The number of fused-ring (bicyclic) bond motifs is 2. The molecule has 2 unspecified atom stereocenters. The monoisotopic (exact) mass is 359 g/mol. The summed E-state index contributed by atoms with van der Waals surface area (Å²) in [5.41, 5.74) is 0. The molecule has 132 valence electrons. The van der Waals surface area contributed by atoms with Crippen LogP contribution >= 0.6 is 11.8 Å². The third-order valence-corrected chi connectivity index (χ3v) is 6.46. The Morgan fingerprint density at radius 1 is 1.04 bits per heavy atom. The largest absolute Gasteiger partial charge is 0.336 e. The Labute approximate surface area is 151 Å². The summed E-state index contributed by atoms with van der Waals surface area (Å²) in [6.45, 7) is 0. The van der Waals surface area contributed by atoms with Gasteiger partial charge in [-0.15, -0.1) is 11.8 Å². The molecule has 4 heterocycles. The van der Waals surface area contributed by atoms with Crippen LogP contribution in [0.15, 0.2) is 29.4 Å². The molecule has 3 fully saturated rings. The van der Waals surface area contributed by atoms with Crippen LogP contribution in [-0.4, -0.2) is 56.4 Å². The number of thioether (sulfide) groups is 1. The molecule has 7 heteroatoms. The highest BCUT2D eigenvalue weighted by atomic mass is 32.2. The fourth-order valence-corrected chi connectivity index (χ4v) is 5.17. The van der Waals surface area contributed by atoms with Crippen molar-refractivity contribution in [3.63, 3.8) is 0 Å². The average molecular weight is 359 g/mol. The van der Waals surface area contributed by atoms with Gasteiger partial charge in [0, 0.05) is 48.3 Å². The number of aromatic nitrogens is 1. The number of hydrogen-bond acceptors (Lipinski definition) is 5. The Balaban J connectivity index is 1.39. The van der Waals surface area contributed by atoms with Gasteiger partial charge in [0.2, 0.25) is 17.7 Å². The Hall–Kier alpha value is -1.89. The van der Waals surface area contributed by atoms with E-state index in [1.54, 1.807) is 12.4 Å². The van der Waals surface area contributed by atoms with Gasteiger partial charge < -0.3 is 4.90 Å². The number of pyridine rings is 1. The van der Waals surface area contributed by atoms with E-state index >= 15 is 0 Å². The second-order valence-corrected chi connectivity index (χ2v) is 7.99. The highest BCUT2D eigenvalue weighted by molar-refractivity contribution is 8.00. The van der Waals surface area contributed by atoms with Crippen LogP contribution < -0.4 is 0 Å². The third kappa shape index (κ3) is 3.17. The van der Waals surface area contributed by atoms with Crippen LogP contribution in [0.1, 0.15) is 38.5 Å². The summed E-state index contributed by atoms with van der Waals surface area (Å²) < 4.78 is 0. The first-order chi connectivity index (χ1) is 12.1. The molecule has 25 heavy (non-hydrogen) atoms. The Bertz CT molecular complexity index is 666. The van der Waals surface area contributed by atoms with E-state index < -0.39 is 0 Å². The molecule has 0 aromatic carbocycles. The van der Waals surface area contributed by atoms with Gasteiger partial charge in [-0.05, 0) is 37.8 Å². The minimum atomic E-state index is -0.0394. The van der Waals surface area contributed by atoms with Gasteiger partial charge in [0.15, 0.2) is 0 Å². The molecular formula is C18H21N3O3S. The van der Waals surface area contributed by atoms with Gasteiger partial charge in [0.05, 0.1) is 5.75 Å². The zero-order valence-corrected chi connectivity index (χ0v) is 14.8. The van der Waals surface area contributed by atoms with Gasteiger partial charge in [-0.3, -0.25) is 24.3 Å². The maximum atomic E-state index is 12.7. The van der Waals surface area contributed by atoms with E-state index in [2.05, 4.69) is 4.98 Å². The van der Waals surface area contributed by atoms with Crippen LogP contribution in [0.5, 0.6) is 0 Å². The molecule has 3 aliphatic rings. The van der Waals surface area contributed by atoms with Crippen molar-refractivity contribution in [2.45, 2.75) is 61.5 Å². The Morgan fingerprint density at radius 3 is 2.24 bits per heavy atom. The fourth-order valence-electron chi connectivity index (χ4n) is 4.42. The molecule has 0 saturated carbocycles. The molecule has 2 atom stereocenters. The quantitative estimate of drug-likeness (QED) is 0.606. The molecule has 0 aliphatic carbocycles. The highest BCUT2D eigenvalue weighted by Gasteiger charge is 2.47. The fraction of sp³-hybridized carbons (Fsp3) is 0.556. The van der Waals surface area contributed by atoms with E-state index in [9.17, 15) is 14.4 Å². The van der Waals surface area contributed by atoms with Crippen molar-refractivity contribution < 1.29 is 14.4 Å². The summed E-state index contributed by atoms with van der Waals surface area (Å²) in [5.74, 6) is 0.500. The number of carbonyl (C=O) groups is 3. The van der Waals surface area contributed by atoms with Crippen molar-refractivity contribution in [2.24, 2.45) is 0 Å². The molecule has 0 spiro atoms. The van der Waals surface area contributed by atoms with Gasteiger partial charge in [-0.1, -0.05) is 0 Å². The average Bonchev–Trinajstić information content (AvgIpc) is 3.09. The van der Waals surface area contributed by atoms with E-state index in [-0.39, 0.29) is 35.8 Å². The lowest BCUT2D eigenvalue weighted by Gasteiger charge is -2.41. The molecule has 4 rings (SSSR count). The minimum Gasteiger partial charge on any atom is -0.336 e. The number of imide groups is 1. The molecule has 2 bridgehead atoms.